The van der Waals surface area contributed by atoms with Crippen LogP contribution in [0.3, 0.4) is 0 Å². The van der Waals surface area contributed by atoms with E-state index in [4.69, 9.17) is 9.39 Å². The Morgan fingerprint density at radius 1 is 1.32 bits per heavy atom. The van der Waals surface area contributed by atoms with Crippen molar-refractivity contribution >= 4 is 7.12 Å². The molecule has 0 bridgehead atoms. The van der Waals surface area contributed by atoms with Crippen LogP contribution in [0, 0.1) is 5.92 Å². The molecule has 0 atom stereocenters. The van der Waals surface area contributed by atoms with Crippen LogP contribution in [0.1, 0.15) is 61.8 Å². The van der Waals surface area contributed by atoms with Gasteiger partial charge < -0.3 is 14.4 Å². The number of hydrogen-bond donors (Lipinski definition) is 1. The third-order valence-corrected chi connectivity index (χ3v) is 3.83. The Morgan fingerprint density at radius 3 is 2.26 bits per heavy atom. The Kier molecular flexibility index (Phi) is 4.61. The van der Waals surface area contributed by atoms with Crippen LogP contribution in [-0.2, 0) is 9.39 Å². The summed E-state index contributed by atoms with van der Waals surface area (Å²) >= 11 is 0. The Bertz CT molecular complexity index is 356. The van der Waals surface area contributed by atoms with Crippen LogP contribution in [0.2, 0.25) is 0 Å². The van der Waals surface area contributed by atoms with E-state index >= 15 is 0 Å². The van der Waals surface area contributed by atoms with Gasteiger partial charge in [0.25, 0.3) is 0 Å². The van der Waals surface area contributed by atoms with E-state index in [1.165, 1.54) is 0 Å². The van der Waals surface area contributed by atoms with Gasteiger partial charge >= 0.3 is 7.12 Å². The van der Waals surface area contributed by atoms with Gasteiger partial charge in [-0.05, 0) is 59.4 Å². The summed E-state index contributed by atoms with van der Waals surface area (Å²) in [5.41, 5.74) is -0.0918. The molecule has 1 aliphatic heterocycles. The van der Waals surface area contributed by atoms with E-state index in [9.17, 15) is 5.02 Å². The first-order valence-corrected chi connectivity index (χ1v) is 7.12. The lowest BCUT2D eigenvalue weighted by Crippen LogP contribution is -2.46. The highest BCUT2D eigenvalue weighted by molar-refractivity contribution is 6.52. The minimum absolute atomic E-state index is 0.278. The van der Waals surface area contributed by atoms with Crippen molar-refractivity contribution in [2.75, 3.05) is 0 Å². The molecule has 0 saturated heterocycles. The Balaban J connectivity index is 2.88. The molecule has 0 unspecified atom stereocenters. The standard InChI is InChI=1S/C15H29BO3/c1-11(2)15(7,8)19-16(17)12-9-13(3,4)18-14(5,6)10-12/h9,11,17H,10H2,1-8H3. The molecule has 0 amide bonds. The van der Waals surface area contributed by atoms with Gasteiger partial charge in [-0.2, -0.15) is 0 Å². The molecule has 0 radical (unpaired) electrons. The second-order valence-corrected chi connectivity index (χ2v) is 7.59. The first-order valence-electron chi connectivity index (χ1n) is 7.12. The fourth-order valence-electron chi connectivity index (χ4n) is 2.42. The Morgan fingerprint density at radius 2 is 1.84 bits per heavy atom. The lowest BCUT2D eigenvalue weighted by atomic mass is 9.69. The lowest BCUT2D eigenvalue weighted by molar-refractivity contribution is -0.105. The predicted molar refractivity (Wildman–Crippen MR) is 79.9 cm³/mol. The van der Waals surface area contributed by atoms with E-state index in [0.29, 0.717) is 12.3 Å². The van der Waals surface area contributed by atoms with E-state index in [0.717, 1.165) is 5.47 Å². The molecule has 0 aromatic heterocycles. The summed E-state index contributed by atoms with van der Waals surface area (Å²) in [6.07, 6.45) is 2.67. The van der Waals surface area contributed by atoms with E-state index in [-0.39, 0.29) is 16.8 Å². The van der Waals surface area contributed by atoms with Crippen LogP contribution >= 0.6 is 0 Å². The van der Waals surface area contributed by atoms with Crippen molar-refractivity contribution in [3.05, 3.63) is 11.5 Å². The van der Waals surface area contributed by atoms with Gasteiger partial charge in [0.15, 0.2) is 0 Å². The van der Waals surface area contributed by atoms with Crippen LogP contribution in [0.4, 0.5) is 0 Å². The van der Waals surface area contributed by atoms with Crippen molar-refractivity contribution in [2.45, 2.75) is 78.6 Å². The van der Waals surface area contributed by atoms with Gasteiger partial charge in [0, 0.05) is 0 Å². The van der Waals surface area contributed by atoms with Gasteiger partial charge in [0.05, 0.1) is 16.8 Å². The molecule has 0 aliphatic carbocycles. The molecule has 0 saturated carbocycles. The maximum atomic E-state index is 10.4. The smallest absolute Gasteiger partial charge is 0.423 e. The molecule has 110 valence electrons. The fraction of sp³-hybridized carbons (Fsp3) is 0.867. The van der Waals surface area contributed by atoms with Crippen molar-refractivity contribution in [1.82, 2.24) is 0 Å². The van der Waals surface area contributed by atoms with Crippen LogP contribution < -0.4 is 0 Å². The Hall–Kier alpha value is -0.315. The second-order valence-electron chi connectivity index (χ2n) is 7.59. The largest absolute Gasteiger partial charge is 0.487 e. The van der Waals surface area contributed by atoms with E-state index < -0.39 is 7.12 Å². The summed E-state index contributed by atoms with van der Waals surface area (Å²) in [5.74, 6) is 0.337. The lowest BCUT2D eigenvalue weighted by Gasteiger charge is -2.41. The van der Waals surface area contributed by atoms with Gasteiger partial charge in [-0.25, -0.2) is 0 Å². The van der Waals surface area contributed by atoms with E-state index in [2.05, 4.69) is 13.8 Å². The summed E-state index contributed by atoms with van der Waals surface area (Å²) in [7, 11) is -0.861. The zero-order valence-electron chi connectivity index (χ0n) is 13.7. The molecule has 1 rings (SSSR count). The molecule has 1 heterocycles. The third kappa shape index (κ3) is 4.62. The summed E-state index contributed by atoms with van der Waals surface area (Å²) in [5, 5.41) is 10.4. The highest BCUT2D eigenvalue weighted by Gasteiger charge is 2.40. The van der Waals surface area contributed by atoms with Crippen LogP contribution in [0.5, 0.6) is 0 Å². The molecular weight excluding hydrogens is 239 g/mol. The van der Waals surface area contributed by atoms with Crippen molar-refractivity contribution in [3.8, 4) is 0 Å². The molecular formula is C15H29BO3. The minimum Gasteiger partial charge on any atom is -0.423 e. The average Bonchev–Trinajstić information content (AvgIpc) is 2.11. The molecule has 1 aliphatic rings. The molecule has 0 aromatic rings. The maximum absolute atomic E-state index is 10.4. The first kappa shape index (κ1) is 16.7. The number of hydrogen-bond acceptors (Lipinski definition) is 3. The fourth-order valence-corrected chi connectivity index (χ4v) is 2.42. The third-order valence-electron chi connectivity index (χ3n) is 3.83. The quantitative estimate of drug-likeness (QED) is 0.794. The first-order chi connectivity index (χ1) is 8.35. The van der Waals surface area contributed by atoms with Gasteiger partial charge in [0.2, 0.25) is 0 Å². The monoisotopic (exact) mass is 268 g/mol. The van der Waals surface area contributed by atoms with Crippen LogP contribution in [0.15, 0.2) is 11.5 Å². The van der Waals surface area contributed by atoms with Crippen LogP contribution in [0.25, 0.3) is 0 Å². The van der Waals surface area contributed by atoms with Crippen molar-refractivity contribution in [1.29, 1.82) is 0 Å². The highest BCUT2D eigenvalue weighted by atomic mass is 16.5. The number of ether oxygens (including phenoxy) is 1. The zero-order valence-corrected chi connectivity index (χ0v) is 13.7. The van der Waals surface area contributed by atoms with Crippen molar-refractivity contribution in [3.63, 3.8) is 0 Å². The van der Waals surface area contributed by atoms with Gasteiger partial charge in [0.1, 0.15) is 0 Å². The predicted octanol–water partition coefficient (Wildman–Crippen LogP) is 3.36. The minimum atomic E-state index is -0.861. The zero-order chi connectivity index (χ0) is 15.1. The molecule has 0 spiro atoms. The molecule has 19 heavy (non-hydrogen) atoms. The van der Waals surface area contributed by atoms with Crippen LogP contribution in [-0.4, -0.2) is 28.9 Å². The second kappa shape index (κ2) is 5.23. The summed E-state index contributed by atoms with van der Waals surface area (Å²) in [6, 6.07) is 0. The van der Waals surface area contributed by atoms with Crippen molar-refractivity contribution < 1.29 is 14.4 Å². The SMILES string of the molecule is CC(C)C(C)(C)OB(O)C1=CC(C)(C)OC(C)(C)C1. The molecule has 1 N–H and O–H groups in total. The Labute approximate surface area is 118 Å². The average molecular weight is 268 g/mol. The summed E-state index contributed by atoms with van der Waals surface area (Å²) in [6.45, 7) is 16.3. The van der Waals surface area contributed by atoms with Gasteiger partial charge in [-0.1, -0.05) is 19.9 Å². The van der Waals surface area contributed by atoms with E-state index in [1.807, 2.05) is 47.6 Å². The topological polar surface area (TPSA) is 38.7 Å². The molecule has 0 fully saturated rings. The summed E-state index contributed by atoms with van der Waals surface area (Å²) in [4.78, 5) is 0. The van der Waals surface area contributed by atoms with E-state index in [1.54, 1.807) is 0 Å². The highest BCUT2D eigenvalue weighted by Crippen LogP contribution is 2.35. The number of rotatable bonds is 4. The maximum Gasteiger partial charge on any atom is 0.487 e. The molecule has 3 nitrogen and oxygen atoms in total. The molecule has 0 aromatic carbocycles. The van der Waals surface area contributed by atoms with Gasteiger partial charge in [-0.3, -0.25) is 0 Å². The van der Waals surface area contributed by atoms with Gasteiger partial charge in [-0.15, -0.1) is 0 Å². The normalized spacial score (nSPS) is 22.3. The van der Waals surface area contributed by atoms with Crippen molar-refractivity contribution in [2.24, 2.45) is 5.92 Å². The summed E-state index contributed by atoms with van der Waals surface area (Å²) < 4.78 is 11.8. The molecule has 4 heteroatoms.